The van der Waals surface area contributed by atoms with E-state index in [1.807, 2.05) is 19.9 Å². The molecule has 4 heteroatoms. The molecular formula is C26H41NO3. The Bertz CT molecular complexity index is 640. The highest BCUT2D eigenvalue weighted by molar-refractivity contribution is 5.18. The molecule has 6 atom stereocenters. The molecule has 1 saturated heterocycles. The summed E-state index contributed by atoms with van der Waals surface area (Å²) in [5, 5.41) is 20.9. The Morgan fingerprint density at radius 1 is 1.23 bits per heavy atom. The van der Waals surface area contributed by atoms with Gasteiger partial charge in [-0.05, 0) is 69.9 Å². The zero-order chi connectivity index (χ0) is 21.3. The van der Waals surface area contributed by atoms with E-state index < -0.39 is 6.10 Å². The first-order valence-corrected chi connectivity index (χ1v) is 12.0. The molecule has 0 spiro atoms. The van der Waals surface area contributed by atoms with Gasteiger partial charge in [-0.15, -0.1) is 11.8 Å². The summed E-state index contributed by atoms with van der Waals surface area (Å²) >= 11 is 0. The van der Waals surface area contributed by atoms with Crippen LogP contribution in [-0.2, 0) is 4.74 Å². The topological polar surface area (TPSA) is 52.9 Å². The summed E-state index contributed by atoms with van der Waals surface area (Å²) in [6.07, 6.45) is 13.2. The highest BCUT2D eigenvalue weighted by Gasteiger charge is 2.45. The van der Waals surface area contributed by atoms with E-state index in [2.05, 4.69) is 28.9 Å². The minimum absolute atomic E-state index is 0.115. The minimum atomic E-state index is -0.498. The molecule has 1 aliphatic heterocycles. The Kier molecular flexibility index (Phi) is 9.46. The molecule has 3 aliphatic rings. The number of likely N-dealkylation sites (tertiary alicyclic amines) is 1. The van der Waals surface area contributed by atoms with Crippen molar-refractivity contribution in [2.75, 3.05) is 32.8 Å². The third-order valence-corrected chi connectivity index (χ3v) is 7.32. The van der Waals surface area contributed by atoms with Gasteiger partial charge >= 0.3 is 0 Å². The van der Waals surface area contributed by atoms with Gasteiger partial charge in [0, 0.05) is 18.9 Å². The molecule has 2 aliphatic carbocycles. The Labute approximate surface area is 183 Å². The fourth-order valence-electron chi connectivity index (χ4n) is 5.39. The number of fused-ring (bicyclic) bond motifs is 1. The highest BCUT2D eigenvalue weighted by Crippen LogP contribution is 2.50. The molecule has 2 N–H and O–H groups in total. The van der Waals surface area contributed by atoms with Crippen molar-refractivity contribution in [2.45, 2.75) is 71.0 Å². The fourth-order valence-corrected chi connectivity index (χ4v) is 5.39. The van der Waals surface area contributed by atoms with Crippen molar-refractivity contribution in [2.24, 2.45) is 23.7 Å². The number of hydrogen-bond donors (Lipinski definition) is 2. The molecule has 30 heavy (non-hydrogen) atoms. The molecule has 0 radical (unpaired) electrons. The maximum Gasteiger partial charge on any atom is 0.0755 e. The van der Waals surface area contributed by atoms with Gasteiger partial charge in [0.25, 0.3) is 0 Å². The average molecular weight is 416 g/mol. The van der Waals surface area contributed by atoms with E-state index in [0.717, 1.165) is 32.4 Å². The van der Waals surface area contributed by atoms with Gasteiger partial charge in [-0.1, -0.05) is 37.1 Å². The third-order valence-electron chi connectivity index (χ3n) is 7.32. The first-order valence-electron chi connectivity index (χ1n) is 12.0. The van der Waals surface area contributed by atoms with Gasteiger partial charge in [0.2, 0.25) is 0 Å². The van der Waals surface area contributed by atoms with Gasteiger partial charge in [0.05, 0.1) is 25.4 Å². The Hall–Kier alpha value is -1.12. The smallest absolute Gasteiger partial charge is 0.0755 e. The largest absolute Gasteiger partial charge is 0.392 e. The van der Waals surface area contributed by atoms with Crippen LogP contribution in [0, 0.1) is 35.5 Å². The van der Waals surface area contributed by atoms with Crippen molar-refractivity contribution in [1.82, 2.24) is 4.90 Å². The summed E-state index contributed by atoms with van der Waals surface area (Å²) in [6.45, 7) is 8.89. The van der Waals surface area contributed by atoms with E-state index in [0.29, 0.717) is 24.9 Å². The highest BCUT2D eigenvalue weighted by atomic mass is 16.5. The quantitative estimate of drug-likeness (QED) is 0.342. The molecule has 0 unspecified atom stereocenters. The van der Waals surface area contributed by atoms with Crippen LogP contribution in [0.5, 0.6) is 0 Å². The lowest BCUT2D eigenvalue weighted by atomic mass is 9.89. The van der Waals surface area contributed by atoms with Crippen LogP contribution in [0.1, 0.15) is 58.8 Å². The van der Waals surface area contributed by atoms with E-state index in [1.54, 1.807) is 0 Å². The zero-order valence-electron chi connectivity index (χ0n) is 18.9. The second kappa shape index (κ2) is 12.1. The summed E-state index contributed by atoms with van der Waals surface area (Å²) in [5.74, 6) is 7.26. The molecule has 3 fully saturated rings. The predicted octanol–water partition coefficient (Wildman–Crippen LogP) is 3.79. The SMILES string of the molecule is CC#CC[C@@H](C)[C@H](O)C=C[C@@H]1[C@H]2CC(=CCOCCN3CCCCC3)C[C@H]2C[C@H]1O. The van der Waals surface area contributed by atoms with Crippen LogP contribution in [0.25, 0.3) is 0 Å². The summed E-state index contributed by atoms with van der Waals surface area (Å²) in [7, 11) is 0. The van der Waals surface area contributed by atoms with Gasteiger partial charge in [0.15, 0.2) is 0 Å². The van der Waals surface area contributed by atoms with Crippen molar-refractivity contribution < 1.29 is 14.9 Å². The van der Waals surface area contributed by atoms with Crippen LogP contribution >= 0.6 is 0 Å². The number of hydrogen-bond acceptors (Lipinski definition) is 4. The van der Waals surface area contributed by atoms with Gasteiger partial charge in [-0.2, -0.15) is 0 Å². The minimum Gasteiger partial charge on any atom is -0.392 e. The van der Waals surface area contributed by atoms with Crippen molar-refractivity contribution in [3.63, 3.8) is 0 Å². The molecule has 2 saturated carbocycles. The number of aliphatic hydroxyl groups is 2. The maximum atomic E-state index is 10.5. The van der Waals surface area contributed by atoms with Crippen LogP contribution in [0.2, 0.25) is 0 Å². The normalized spacial score (nSPS) is 32.9. The molecule has 168 valence electrons. The van der Waals surface area contributed by atoms with Crippen LogP contribution in [0.15, 0.2) is 23.8 Å². The van der Waals surface area contributed by atoms with Crippen molar-refractivity contribution in [3.8, 4) is 11.8 Å². The lowest BCUT2D eigenvalue weighted by Crippen LogP contribution is -2.32. The summed E-state index contributed by atoms with van der Waals surface area (Å²) < 4.78 is 5.88. The van der Waals surface area contributed by atoms with Crippen LogP contribution in [-0.4, -0.2) is 60.2 Å². The van der Waals surface area contributed by atoms with Crippen molar-refractivity contribution in [3.05, 3.63) is 23.8 Å². The van der Waals surface area contributed by atoms with Crippen molar-refractivity contribution in [1.29, 1.82) is 0 Å². The summed E-state index contributed by atoms with van der Waals surface area (Å²) in [4.78, 5) is 2.51. The second-order valence-electron chi connectivity index (χ2n) is 9.54. The monoisotopic (exact) mass is 415 g/mol. The number of allylic oxidation sites excluding steroid dienone is 1. The van der Waals surface area contributed by atoms with E-state index in [-0.39, 0.29) is 17.9 Å². The van der Waals surface area contributed by atoms with E-state index in [1.165, 1.54) is 37.9 Å². The third kappa shape index (κ3) is 6.69. The average Bonchev–Trinajstić information content (AvgIpc) is 3.27. The second-order valence-corrected chi connectivity index (χ2v) is 9.54. The summed E-state index contributed by atoms with van der Waals surface area (Å²) in [5.41, 5.74) is 1.49. The number of ether oxygens (including phenoxy) is 1. The van der Waals surface area contributed by atoms with E-state index >= 15 is 0 Å². The first kappa shape index (κ1) is 23.5. The lowest BCUT2D eigenvalue weighted by molar-refractivity contribution is 0.114. The molecule has 4 nitrogen and oxygen atoms in total. The van der Waals surface area contributed by atoms with Gasteiger partial charge in [0.1, 0.15) is 0 Å². The van der Waals surface area contributed by atoms with Crippen LogP contribution in [0.3, 0.4) is 0 Å². The van der Waals surface area contributed by atoms with Crippen LogP contribution in [0.4, 0.5) is 0 Å². The van der Waals surface area contributed by atoms with Crippen molar-refractivity contribution >= 4 is 0 Å². The maximum absolute atomic E-state index is 10.5. The molecule has 3 rings (SSSR count). The number of aliphatic hydroxyl groups excluding tert-OH is 2. The first-order chi connectivity index (χ1) is 14.6. The predicted molar refractivity (Wildman–Crippen MR) is 122 cm³/mol. The van der Waals surface area contributed by atoms with Gasteiger partial charge < -0.3 is 19.8 Å². The Balaban J connectivity index is 1.42. The van der Waals surface area contributed by atoms with Gasteiger partial charge in [-0.3, -0.25) is 0 Å². The number of rotatable bonds is 9. The zero-order valence-corrected chi connectivity index (χ0v) is 18.9. The molecule has 0 amide bonds. The molecule has 0 aromatic carbocycles. The van der Waals surface area contributed by atoms with E-state index in [9.17, 15) is 10.2 Å². The Morgan fingerprint density at radius 3 is 2.80 bits per heavy atom. The van der Waals surface area contributed by atoms with E-state index in [4.69, 9.17) is 4.74 Å². The molecule has 0 bridgehead atoms. The molecule has 0 aromatic rings. The molecule has 1 heterocycles. The molecule has 0 aromatic heterocycles. The lowest BCUT2D eigenvalue weighted by Gasteiger charge is -2.25. The fraction of sp³-hybridized carbons (Fsp3) is 0.769. The number of piperidine rings is 1. The number of nitrogens with zero attached hydrogens (tertiary/aromatic N) is 1. The van der Waals surface area contributed by atoms with Crippen LogP contribution < -0.4 is 0 Å². The molecular weight excluding hydrogens is 374 g/mol. The van der Waals surface area contributed by atoms with Gasteiger partial charge in [-0.25, -0.2) is 0 Å². The Morgan fingerprint density at radius 2 is 2.03 bits per heavy atom. The standard InChI is InChI=1S/C26H41NO3/c1-3-4-8-20(2)25(28)10-9-23-24-18-21(17-22(24)19-26(23)29)11-15-30-16-14-27-12-6-5-7-13-27/h9-11,20,22-26,28-29H,5-8,12-19H2,1-2H3/t20-,22+,23-,24+,25-,26-/m1/s1. The summed E-state index contributed by atoms with van der Waals surface area (Å²) in [6, 6.07) is 0.